The zero-order valence-electron chi connectivity index (χ0n) is 26.7. The first-order valence-electron chi connectivity index (χ1n) is 14.3. The van der Waals surface area contributed by atoms with Gasteiger partial charge in [0.15, 0.2) is 0 Å². The average molecular weight is 629 g/mol. The molecule has 2 N–H and O–H groups in total. The highest BCUT2D eigenvalue weighted by molar-refractivity contribution is 7.79. The average Bonchev–Trinajstić information content (AvgIpc) is 3.74. The molecule has 0 aliphatic heterocycles. The van der Waals surface area contributed by atoms with Crippen molar-refractivity contribution >= 4 is 51.8 Å². The molecule has 0 fully saturated rings. The number of allylic oxidation sites excluding steroid dienone is 1. The third-order valence-electron chi connectivity index (χ3n) is 5.83. The van der Waals surface area contributed by atoms with Gasteiger partial charge in [0.25, 0.3) is 0 Å². The highest BCUT2D eigenvalue weighted by Crippen LogP contribution is 2.19. The molecule has 0 saturated heterocycles. The van der Waals surface area contributed by atoms with Crippen LogP contribution in [0.5, 0.6) is 0 Å². The third-order valence-corrected chi connectivity index (χ3v) is 8.55. The van der Waals surface area contributed by atoms with E-state index in [1.165, 1.54) is 33.2 Å². The second-order valence-corrected chi connectivity index (χ2v) is 13.6. The Hall–Kier alpha value is -2.12. The summed E-state index contributed by atoms with van der Waals surface area (Å²) in [6.07, 6.45) is 1.55. The summed E-state index contributed by atoms with van der Waals surface area (Å²) in [6, 6.07) is 19.0. The van der Waals surface area contributed by atoms with Gasteiger partial charge in [-0.3, -0.25) is 0 Å². The summed E-state index contributed by atoms with van der Waals surface area (Å²) in [6.45, 7) is 21.7. The van der Waals surface area contributed by atoms with Crippen LogP contribution >= 0.6 is 46.4 Å². The van der Waals surface area contributed by atoms with E-state index in [9.17, 15) is 0 Å². The fraction of sp³-hybridized carbons (Fsp3) is 0.429. The predicted molar refractivity (Wildman–Crippen MR) is 194 cm³/mol. The summed E-state index contributed by atoms with van der Waals surface area (Å²) < 4.78 is 4.16. The highest BCUT2D eigenvalue weighted by atomic mass is 32.1. The van der Waals surface area contributed by atoms with Gasteiger partial charge in [-0.2, -0.15) is 15.7 Å². The van der Waals surface area contributed by atoms with Crippen LogP contribution in [0.15, 0.2) is 87.9 Å². The van der Waals surface area contributed by atoms with Gasteiger partial charge in [-0.25, -0.2) is 0 Å². The molecule has 0 aliphatic carbocycles. The van der Waals surface area contributed by atoms with Crippen LogP contribution in [-0.2, 0) is 0 Å². The monoisotopic (exact) mass is 628 g/mol. The van der Waals surface area contributed by atoms with Gasteiger partial charge < -0.3 is 5.73 Å². The Morgan fingerprint density at radius 1 is 0.707 bits per heavy atom. The Balaban J connectivity index is 0.000000488. The van der Waals surface area contributed by atoms with E-state index in [1.54, 1.807) is 22.9 Å². The van der Waals surface area contributed by atoms with Crippen molar-refractivity contribution in [3.8, 4) is 0 Å². The number of benzene rings is 1. The molecule has 41 heavy (non-hydrogen) atoms. The van der Waals surface area contributed by atoms with Crippen LogP contribution in [0.1, 0.15) is 115 Å². The van der Waals surface area contributed by atoms with E-state index in [2.05, 4.69) is 150 Å². The van der Waals surface area contributed by atoms with Crippen molar-refractivity contribution in [2.75, 3.05) is 0 Å². The molecule has 0 aliphatic rings. The molecule has 0 saturated carbocycles. The zero-order valence-corrected chi connectivity index (χ0v) is 30.0. The van der Waals surface area contributed by atoms with Gasteiger partial charge in [0.2, 0.25) is 0 Å². The summed E-state index contributed by atoms with van der Waals surface area (Å²) >= 11 is 9.79. The normalized spacial score (nSPS) is 10.7. The van der Waals surface area contributed by atoms with E-state index < -0.39 is 0 Å². The maximum atomic E-state index is 5.22. The maximum Gasteiger partial charge on any atom is 0.0567 e. The van der Waals surface area contributed by atoms with Crippen molar-refractivity contribution in [3.63, 3.8) is 0 Å². The molecule has 4 aromatic rings. The fourth-order valence-corrected chi connectivity index (χ4v) is 5.52. The summed E-state index contributed by atoms with van der Waals surface area (Å²) in [5, 5.41) is 10.1. The Bertz CT molecular complexity index is 1030. The van der Waals surface area contributed by atoms with Gasteiger partial charge in [-0.05, 0) is 98.4 Å². The molecule has 0 unspecified atom stereocenters. The van der Waals surface area contributed by atoms with E-state index in [-0.39, 0.29) is 0 Å². The smallest absolute Gasteiger partial charge is 0.0567 e. The molecule has 0 radical (unpaired) electrons. The Morgan fingerprint density at radius 2 is 1.34 bits per heavy atom. The molecule has 0 atom stereocenters. The van der Waals surface area contributed by atoms with Crippen LogP contribution in [0.4, 0.5) is 0 Å². The van der Waals surface area contributed by atoms with Gasteiger partial charge in [0.1, 0.15) is 0 Å². The summed E-state index contributed by atoms with van der Waals surface area (Å²) in [7, 11) is 0. The van der Waals surface area contributed by atoms with Crippen LogP contribution in [0.3, 0.4) is 0 Å². The van der Waals surface area contributed by atoms with Crippen LogP contribution in [0, 0.1) is 5.92 Å². The third kappa shape index (κ3) is 18.8. The first-order valence-corrected chi connectivity index (χ1v) is 17.4. The molecule has 6 heteroatoms. The minimum absolute atomic E-state index is 0.456. The number of nitrogens with zero attached hydrogens (tertiary/aromatic N) is 1. The molecule has 0 spiro atoms. The number of rotatable bonds is 6. The number of nitrogens with two attached hydrogens (primary N) is 1. The second kappa shape index (κ2) is 23.4. The van der Waals surface area contributed by atoms with E-state index in [0.717, 1.165) is 5.57 Å². The van der Waals surface area contributed by atoms with Crippen LogP contribution in [-0.4, -0.2) is 9.74 Å². The van der Waals surface area contributed by atoms with Gasteiger partial charge in [0.05, 0.1) is 5.69 Å². The van der Waals surface area contributed by atoms with Crippen molar-refractivity contribution in [2.24, 2.45) is 11.7 Å². The lowest BCUT2D eigenvalue weighted by Gasteiger charge is -2.01. The van der Waals surface area contributed by atoms with E-state index in [4.69, 9.17) is 5.73 Å². The lowest BCUT2D eigenvalue weighted by Crippen LogP contribution is -1.96. The van der Waals surface area contributed by atoms with Crippen molar-refractivity contribution < 1.29 is 0 Å². The topological polar surface area (TPSA) is 38.9 Å². The van der Waals surface area contributed by atoms with E-state index >= 15 is 0 Å². The van der Waals surface area contributed by atoms with Crippen molar-refractivity contribution in [1.29, 1.82) is 0 Å². The predicted octanol–water partition coefficient (Wildman–Crippen LogP) is 12.3. The molecule has 3 aromatic heterocycles. The summed E-state index contributed by atoms with van der Waals surface area (Å²) in [5.41, 5.74) is 10.3. The van der Waals surface area contributed by atoms with E-state index in [1.807, 2.05) is 22.8 Å². The Morgan fingerprint density at radius 3 is 1.56 bits per heavy atom. The maximum absolute atomic E-state index is 5.22. The Kier molecular flexibility index (Phi) is 22.2. The standard InChI is InChI=1S/C9H12.2C7H10S.C6H9NS.C6H11NS/c1-8(2)9-6-4-3-5-7-9;1-6(2)7-3-4-8-5-7;1-6(2)7-4-3-5-8-7;1-5(2)6-3-4-8-7-6;1-5(2)6(3-7)4-8/h3-8H,1-2H3;2*3-6H,1-2H3;3-5H,1-2H3;3-5H,7H2,1-2H3. The molecular formula is C35H52N2S4. The van der Waals surface area contributed by atoms with Gasteiger partial charge in [0, 0.05) is 15.6 Å². The fourth-order valence-electron chi connectivity index (χ4n) is 2.95. The van der Waals surface area contributed by atoms with Gasteiger partial charge >= 0.3 is 0 Å². The molecule has 4 rings (SSSR count). The minimum Gasteiger partial charge on any atom is -0.404 e. The molecule has 0 amide bonds. The van der Waals surface area contributed by atoms with Gasteiger partial charge in [-0.15, -0.1) is 11.3 Å². The number of aromatic nitrogens is 1. The first kappa shape index (κ1) is 38.9. The SMILES string of the molecule is CC(C)C(C=S)=CN.CC(C)c1ccccc1.CC(C)c1cccs1.CC(C)c1ccsc1.CC(C)c1ccsn1. The van der Waals surface area contributed by atoms with Crippen molar-refractivity contribution in [2.45, 2.75) is 92.9 Å². The van der Waals surface area contributed by atoms with Crippen molar-refractivity contribution in [3.05, 3.63) is 110 Å². The lowest BCUT2D eigenvalue weighted by atomic mass is 10.0. The molecule has 2 nitrogen and oxygen atoms in total. The molecule has 1 aromatic carbocycles. The quantitative estimate of drug-likeness (QED) is 0.170. The van der Waals surface area contributed by atoms with Crippen LogP contribution in [0.2, 0.25) is 0 Å². The number of hydrogen-bond donors (Lipinski definition) is 1. The number of thiophene rings is 2. The molecule has 0 bridgehead atoms. The minimum atomic E-state index is 0.456. The zero-order chi connectivity index (χ0) is 31.2. The van der Waals surface area contributed by atoms with Crippen LogP contribution < -0.4 is 5.73 Å². The first-order chi connectivity index (χ1) is 19.4. The Labute approximate surface area is 268 Å². The number of thiocarbonyl (C=S) groups is 1. The van der Waals surface area contributed by atoms with Crippen LogP contribution in [0.25, 0.3) is 0 Å². The number of hydrogen-bond acceptors (Lipinski definition) is 6. The summed E-state index contributed by atoms with van der Waals surface area (Å²) in [4.78, 5) is 1.48. The van der Waals surface area contributed by atoms with Crippen molar-refractivity contribution in [1.82, 2.24) is 4.37 Å². The summed E-state index contributed by atoms with van der Waals surface area (Å²) in [5.74, 6) is 3.10. The van der Waals surface area contributed by atoms with Gasteiger partial charge in [-0.1, -0.05) is 118 Å². The second-order valence-electron chi connectivity index (χ2n) is 11.0. The molecule has 226 valence electrons. The molecule has 3 heterocycles. The highest BCUT2D eigenvalue weighted by Gasteiger charge is 1.98. The molecular weight excluding hydrogens is 577 g/mol. The largest absolute Gasteiger partial charge is 0.404 e. The van der Waals surface area contributed by atoms with E-state index in [0.29, 0.717) is 29.6 Å². The lowest BCUT2D eigenvalue weighted by molar-refractivity contribution is 0.806.